The summed E-state index contributed by atoms with van der Waals surface area (Å²) in [5.41, 5.74) is 0. The number of amides is 1. The van der Waals surface area contributed by atoms with Gasteiger partial charge >= 0.3 is 0 Å². The van der Waals surface area contributed by atoms with Crippen LogP contribution < -0.4 is 9.64 Å². The Morgan fingerprint density at radius 2 is 2.36 bits per heavy atom. The molecule has 0 aromatic carbocycles. The molecule has 0 saturated carbocycles. The van der Waals surface area contributed by atoms with E-state index in [2.05, 4.69) is 14.6 Å². The van der Waals surface area contributed by atoms with Crippen molar-refractivity contribution in [2.45, 2.75) is 12.5 Å². The molecule has 2 aromatic heterocycles. The monoisotopic (exact) mass is 319 g/mol. The van der Waals surface area contributed by atoms with Crippen molar-refractivity contribution in [3.05, 3.63) is 29.4 Å². The Bertz CT molecular complexity index is 646. The molecule has 3 rings (SSSR count). The van der Waals surface area contributed by atoms with Crippen LogP contribution >= 0.6 is 11.5 Å². The highest BCUT2D eigenvalue weighted by atomic mass is 32.1. The first kappa shape index (κ1) is 14.7. The van der Waals surface area contributed by atoms with Crippen molar-refractivity contribution in [1.82, 2.24) is 19.5 Å². The lowest BCUT2D eigenvalue weighted by molar-refractivity contribution is 0.0777. The van der Waals surface area contributed by atoms with Gasteiger partial charge in [0.05, 0.1) is 12.7 Å². The van der Waals surface area contributed by atoms with Gasteiger partial charge in [0.25, 0.3) is 5.91 Å². The Hall–Kier alpha value is -2.22. The summed E-state index contributed by atoms with van der Waals surface area (Å²) in [7, 11) is 3.85. The molecule has 1 fully saturated rings. The quantitative estimate of drug-likeness (QED) is 0.846. The van der Waals surface area contributed by atoms with Gasteiger partial charge < -0.3 is 14.5 Å². The summed E-state index contributed by atoms with van der Waals surface area (Å²) < 4.78 is 9.77. The first-order chi connectivity index (χ1) is 10.6. The van der Waals surface area contributed by atoms with Gasteiger partial charge in [0.15, 0.2) is 11.6 Å². The number of ether oxygens (including phenoxy) is 1. The fraction of sp³-hybridized carbons (Fsp3) is 0.429. The maximum absolute atomic E-state index is 12.3. The molecule has 1 amide bonds. The Labute approximate surface area is 132 Å². The van der Waals surface area contributed by atoms with Crippen molar-refractivity contribution in [1.29, 1.82) is 0 Å². The smallest absolute Gasteiger partial charge is 0.267 e. The Morgan fingerprint density at radius 1 is 1.50 bits per heavy atom. The standard InChI is InChI=1S/C14H17N5O2S/c1-18(2)13-11(4-3-6-15-13)21-10-5-7-19(9-10)14(20)12-8-16-17-22-12/h3-4,6,8,10H,5,7,9H2,1-2H3/t10-/m0/s1. The van der Waals surface area contributed by atoms with E-state index in [9.17, 15) is 4.79 Å². The minimum atomic E-state index is -0.0277. The van der Waals surface area contributed by atoms with Crippen molar-refractivity contribution >= 4 is 23.3 Å². The molecule has 22 heavy (non-hydrogen) atoms. The second-order valence-electron chi connectivity index (χ2n) is 5.28. The van der Waals surface area contributed by atoms with Gasteiger partial charge in [0, 0.05) is 33.3 Å². The van der Waals surface area contributed by atoms with Crippen LogP contribution in [0.1, 0.15) is 16.1 Å². The van der Waals surface area contributed by atoms with Crippen LogP contribution in [0.2, 0.25) is 0 Å². The molecule has 1 aliphatic rings. The highest BCUT2D eigenvalue weighted by Crippen LogP contribution is 2.27. The van der Waals surface area contributed by atoms with E-state index in [0.29, 0.717) is 18.0 Å². The van der Waals surface area contributed by atoms with Crippen LogP contribution in [0.15, 0.2) is 24.5 Å². The predicted molar refractivity (Wildman–Crippen MR) is 83.4 cm³/mol. The summed E-state index contributed by atoms with van der Waals surface area (Å²) in [6.45, 7) is 1.25. The predicted octanol–water partition coefficient (Wildman–Crippen LogP) is 1.29. The van der Waals surface area contributed by atoms with E-state index in [4.69, 9.17) is 4.74 Å². The largest absolute Gasteiger partial charge is 0.485 e. The van der Waals surface area contributed by atoms with E-state index in [1.807, 2.05) is 31.1 Å². The molecule has 0 bridgehead atoms. The molecule has 0 aliphatic carbocycles. The molecule has 3 heterocycles. The molecule has 1 aliphatic heterocycles. The first-order valence-corrected chi connectivity index (χ1v) is 7.78. The van der Waals surface area contributed by atoms with Gasteiger partial charge in [-0.1, -0.05) is 4.49 Å². The lowest BCUT2D eigenvalue weighted by atomic mass is 10.3. The number of pyridine rings is 1. The number of nitrogens with zero attached hydrogens (tertiary/aromatic N) is 5. The van der Waals surface area contributed by atoms with Crippen LogP contribution in [-0.2, 0) is 0 Å². The van der Waals surface area contributed by atoms with E-state index in [1.165, 1.54) is 6.20 Å². The van der Waals surface area contributed by atoms with Crippen LogP contribution in [0, 0.1) is 0 Å². The van der Waals surface area contributed by atoms with E-state index < -0.39 is 0 Å². The second kappa shape index (κ2) is 6.27. The van der Waals surface area contributed by atoms with Crippen LogP contribution in [0.4, 0.5) is 5.82 Å². The summed E-state index contributed by atoms with van der Waals surface area (Å²) in [5.74, 6) is 1.50. The molecule has 1 saturated heterocycles. The van der Waals surface area contributed by atoms with Gasteiger partial charge in [0.2, 0.25) is 0 Å². The van der Waals surface area contributed by atoms with Crippen molar-refractivity contribution in [2.75, 3.05) is 32.1 Å². The average molecular weight is 319 g/mol. The van der Waals surface area contributed by atoms with Gasteiger partial charge in [-0.15, -0.1) is 5.10 Å². The molecule has 116 valence electrons. The van der Waals surface area contributed by atoms with E-state index >= 15 is 0 Å². The average Bonchev–Trinajstić information content (AvgIpc) is 3.18. The molecule has 0 radical (unpaired) electrons. The highest BCUT2D eigenvalue weighted by molar-refractivity contribution is 7.07. The van der Waals surface area contributed by atoms with Crippen LogP contribution in [0.5, 0.6) is 5.75 Å². The van der Waals surface area contributed by atoms with Crippen molar-refractivity contribution in [3.63, 3.8) is 0 Å². The summed E-state index contributed by atoms with van der Waals surface area (Å²) in [6.07, 6.45) is 4.03. The lowest BCUT2D eigenvalue weighted by Crippen LogP contribution is -2.30. The summed E-state index contributed by atoms with van der Waals surface area (Å²) >= 11 is 1.12. The molecule has 1 atom stereocenters. The number of carbonyl (C=O) groups excluding carboxylic acids is 1. The fourth-order valence-corrected chi connectivity index (χ4v) is 2.90. The maximum atomic E-state index is 12.3. The highest BCUT2D eigenvalue weighted by Gasteiger charge is 2.29. The summed E-state index contributed by atoms with van der Waals surface area (Å²) in [6, 6.07) is 3.75. The lowest BCUT2D eigenvalue weighted by Gasteiger charge is -2.20. The van der Waals surface area contributed by atoms with Gasteiger partial charge in [-0.05, 0) is 23.7 Å². The summed E-state index contributed by atoms with van der Waals surface area (Å²) in [4.78, 5) is 20.8. The Balaban J connectivity index is 1.65. The van der Waals surface area contributed by atoms with E-state index in [1.54, 1.807) is 11.1 Å². The first-order valence-electron chi connectivity index (χ1n) is 7.01. The van der Waals surface area contributed by atoms with Crippen molar-refractivity contribution < 1.29 is 9.53 Å². The summed E-state index contributed by atoms with van der Waals surface area (Å²) in [5, 5.41) is 3.71. The van der Waals surface area contributed by atoms with Gasteiger partial charge in [0.1, 0.15) is 11.0 Å². The molecule has 7 nitrogen and oxygen atoms in total. The number of anilines is 1. The fourth-order valence-electron chi connectivity index (χ4n) is 2.42. The minimum absolute atomic E-state index is 0.0206. The van der Waals surface area contributed by atoms with Crippen LogP contribution in [0.25, 0.3) is 0 Å². The molecular formula is C14H17N5O2S. The SMILES string of the molecule is CN(C)c1ncccc1O[C@H]1CCN(C(=O)c2cnns2)C1. The zero-order valence-corrected chi connectivity index (χ0v) is 13.3. The topological polar surface area (TPSA) is 71.5 Å². The van der Waals surface area contributed by atoms with E-state index in [0.717, 1.165) is 29.5 Å². The van der Waals surface area contributed by atoms with Crippen molar-refractivity contribution in [2.24, 2.45) is 0 Å². The van der Waals surface area contributed by atoms with Gasteiger partial charge in [-0.3, -0.25) is 4.79 Å². The third-order valence-corrected chi connectivity index (χ3v) is 4.13. The third-order valence-electron chi connectivity index (χ3n) is 3.47. The Morgan fingerprint density at radius 3 is 3.09 bits per heavy atom. The zero-order chi connectivity index (χ0) is 15.5. The number of aromatic nitrogens is 3. The number of rotatable bonds is 4. The maximum Gasteiger partial charge on any atom is 0.267 e. The molecule has 0 N–H and O–H groups in total. The number of likely N-dealkylation sites (tertiary alicyclic amines) is 1. The molecule has 0 unspecified atom stereocenters. The normalized spacial score (nSPS) is 17.5. The molecule has 8 heteroatoms. The minimum Gasteiger partial charge on any atom is -0.485 e. The number of carbonyl (C=O) groups is 1. The number of hydrogen-bond acceptors (Lipinski definition) is 7. The molecule has 2 aromatic rings. The molecular weight excluding hydrogens is 302 g/mol. The van der Waals surface area contributed by atoms with Crippen LogP contribution in [0.3, 0.4) is 0 Å². The van der Waals surface area contributed by atoms with E-state index in [-0.39, 0.29) is 12.0 Å². The number of hydrogen-bond donors (Lipinski definition) is 0. The van der Waals surface area contributed by atoms with Gasteiger partial charge in [-0.25, -0.2) is 4.98 Å². The molecule has 0 spiro atoms. The van der Waals surface area contributed by atoms with Crippen molar-refractivity contribution in [3.8, 4) is 5.75 Å². The second-order valence-corrected chi connectivity index (χ2v) is 6.07. The Kier molecular flexibility index (Phi) is 4.19. The third kappa shape index (κ3) is 3.01. The zero-order valence-electron chi connectivity index (χ0n) is 12.5. The van der Waals surface area contributed by atoms with Gasteiger partial charge in [-0.2, -0.15) is 0 Å². The van der Waals surface area contributed by atoms with Crippen LogP contribution in [-0.4, -0.2) is 58.7 Å².